The fraction of sp³-hybridized carbons (Fsp3) is 0.762. The average molecular weight is 446 g/mol. The number of esters is 2. The lowest BCUT2D eigenvalue weighted by molar-refractivity contribution is -0.143. The van der Waals surface area contributed by atoms with Gasteiger partial charge in [0.05, 0.1) is 73.3 Å². The first kappa shape index (κ1) is 28.8. The molecule has 0 bridgehead atoms. The number of rotatable bonds is 20. The third-order valence-electron chi connectivity index (χ3n) is 3.96. The highest BCUT2D eigenvalue weighted by molar-refractivity contribution is 5.77. The minimum atomic E-state index is -0.400. The molecule has 0 aliphatic rings. The van der Waals surface area contributed by atoms with Gasteiger partial charge in [0.1, 0.15) is 6.61 Å². The van der Waals surface area contributed by atoms with Crippen LogP contribution in [0, 0.1) is 12.3 Å². The molecule has 0 N–H and O–H groups in total. The SMILES string of the molecule is C#CCOCCOCCOCCOCCC(=O)N(CCCC(=O)OC)CCC(=O)OC. The van der Waals surface area contributed by atoms with Crippen LogP contribution in [-0.2, 0) is 42.8 Å². The van der Waals surface area contributed by atoms with Crippen molar-refractivity contribution in [2.75, 3.05) is 80.2 Å². The summed E-state index contributed by atoms with van der Waals surface area (Å²) >= 11 is 0. The largest absolute Gasteiger partial charge is 0.469 e. The van der Waals surface area contributed by atoms with Crippen LogP contribution in [0.4, 0.5) is 0 Å². The van der Waals surface area contributed by atoms with Gasteiger partial charge in [0.25, 0.3) is 0 Å². The van der Waals surface area contributed by atoms with Crippen molar-refractivity contribution in [3.8, 4) is 12.3 Å². The number of ether oxygens (including phenoxy) is 6. The minimum Gasteiger partial charge on any atom is -0.469 e. The minimum absolute atomic E-state index is 0.0905. The molecule has 0 aliphatic carbocycles. The first-order valence-corrected chi connectivity index (χ1v) is 10.2. The predicted octanol–water partition coefficient (Wildman–Crippen LogP) is 0.421. The van der Waals surface area contributed by atoms with Crippen molar-refractivity contribution in [2.24, 2.45) is 0 Å². The van der Waals surface area contributed by atoms with Crippen molar-refractivity contribution < 1.29 is 42.8 Å². The summed E-state index contributed by atoms with van der Waals surface area (Å²) in [6, 6.07) is 0. The third kappa shape index (κ3) is 18.3. The molecule has 0 aliphatic heterocycles. The molecule has 0 aromatic rings. The molecule has 0 atom stereocenters. The van der Waals surface area contributed by atoms with E-state index in [1.165, 1.54) is 19.1 Å². The van der Waals surface area contributed by atoms with Gasteiger partial charge in [0.2, 0.25) is 5.91 Å². The van der Waals surface area contributed by atoms with E-state index in [2.05, 4.69) is 15.4 Å². The van der Waals surface area contributed by atoms with E-state index in [1.807, 2.05) is 0 Å². The van der Waals surface area contributed by atoms with Gasteiger partial charge in [0.15, 0.2) is 0 Å². The summed E-state index contributed by atoms with van der Waals surface area (Å²) in [6.45, 7) is 3.59. The molecule has 10 heteroatoms. The van der Waals surface area contributed by atoms with Crippen LogP contribution in [0.25, 0.3) is 0 Å². The number of methoxy groups -OCH3 is 2. The van der Waals surface area contributed by atoms with Crippen molar-refractivity contribution >= 4 is 17.8 Å². The van der Waals surface area contributed by atoms with Crippen LogP contribution >= 0.6 is 0 Å². The molecule has 0 rings (SSSR count). The number of carbonyl (C=O) groups is 3. The van der Waals surface area contributed by atoms with Gasteiger partial charge in [-0.25, -0.2) is 0 Å². The number of hydrogen-bond donors (Lipinski definition) is 0. The first-order chi connectivity index (χ1) is 15.0. The van der Waals surface area contributed by atoms with E-state index >= 15 is 0 Å². The maximum atomic E-state index is 12.4. The lowest BCUT2D eigenvalue weighted by Crippen LogP contribution is -2.35. The fourth-order valence-electron chi connectivity index (χ4n) is 2.31. The summed E-state index contributed by atoms with van der Waals surface area (Å²) in [7, 11) is 2.61. The molecule has 0 unspecified atom stereocenters. The molecule has 31 heavy (non-hydrogen) atoms. The molecular weight excluding hydrogens is 410 g/mol. The van der Waals surface area contributed by atoms with E-state index in [9.17, 15) is 14.4 Å². The molecule has 10 nitrogen and oxygen atoms in total. The lowest BCUT2D eigenvalue weighted by atomic mass is 10.2. The normalized spacial score (nSPS) is 10.4. The van der Waals surface area contributed by atoms with Gasteiger partial charge in [0, 0.05) is 19.5 Å². The van der Waals surface area contributed by atoms with Gasteiger partial charge in [-0.2, -0.15) is 0 Å². The zero-order valence-corrected chi connectivity index (χ0v) is 18.6. The quantitative estimate of drug-likeness (QED) is 0.150. The van der Waals surface area contributed by atoms with E-state index in [4.69, 9.17) is 25.4 Å². The summed E-state index contributed by atoms with van der Waals surface area (Å²) in [5.41, 5.74) is 0. The Hall–Kier alpha value is -2.19. The van der Waals surface area contributed by atoms with Crippen molar-refractivity contribution in [1.82, 2.24) is 4.90 Å². The second kappa shape index (κ2) is 21.1. The van der Waals surface area contributed by atoms with Crippen LogP contribution < -0.4 is 0 Å². The summed E-state index contributed by atoms with van der Waals surface area (Å²) in [5, 5.41) is 0. The van der Waals surface area contributed by atoms with Gasteiger partial charge in [-0.15, -0.1) is 6.42 Å². The number of terminal acetylenes is 1. The van der Waals surface area contributed by atoms with Crippen LogP contribution in [0.2, 0.25) is 0 Å². The highest BCUT2D eigenvalue weighted by atomic mass is 16.6. The van der Waals surface area contributed by atoms with Gasteiger partial charge in [-0.1, -0.05) is 5.92 Å². The average Bonchev–Trinajstić information content (AvgIpc) is 2.78. The van der Waals surface area contributed by atoms with E-state index in [-0.39, 0.29) is 50.9 Å². The predicted molar refractivity (Wildman–Crippen MR) is 111 cm³/mol. The molecule has 0 heterocycles. The molecule has 0 fully saturated rings. The maximum Gasteiger partial charge on any atom is 0.307 e. The Morgan fingerprint density at radius 1 is 0.710 bits per heavy atom. The molecule has 178 valence electrons. The zero-order valence-electron chi connectivity index (χ0n) is 18.6. The molecule has 0 saturated carbocycles. The maximum absolute atomic E-state index is 12.4. The molecule has 0 spiro atoms. The Bertz CT molecular complexity index is 533. The monoisotopic (exact) mass is 445 g/mol. The van der Waals surface area contributed by atoms with E-state index in [0.717, 1.165) is 0 Å². The van der Waals surface area contributed by atoms with Crippen molar-refractivity contribution in [3.63, 3.8) is 0 Å². The fourth-order valence-corrected chi connectivity index (χ4v) is 2.31. The standard InChI is InChI=1S/C21H35NO9/c1-4-11-28-13-15-30-17-18-31-16-14-29-12-8-19(23)22(10-7-21(25)27-3)9-5-6-20(24)26-2/h1H,5-18H2,2-3H3. The van der Waals surface area contributed by atoms with Crippen LogP contribution in [0.15, 0.2) is 0 Å². The molecule has 0 saturated heterocycles. The summed E-state index contributed by atoms with van der Waals surface area (Å²) in [6.07, 6.45) is 5.96. The van der Waals surface area contributed by atoms with Crippen molar-refractivity contribution in [1.29, 1.82) is 0 Å². The van der Waals surface area contributed by atoms with Crippen LogP contribution in [0.3, 0.4) is 0 Å². The number of carbonyl (C=O) groups excluding carboxylic acids is 3. The molecule has 0 radical (unpaired) electrons. The molecule has 0 aromatic heterocycles. The molecule has 0 aromatic carbocycles. The summed E-state index contributed by atoms with van der Waals surface area (Å²) < 4.78 is 30.3. The Morgan fingerprint density at radius 2 is 1.23 bits per heavy atom. The Balaban J connectivity index is 3.88. The second-order valence-corrected chi connectivity index (χ2v) is 6.23. The third-order valence-corrected chi connectivity index (χ3v) is 3.96. The zero-order chi connectivity index (χ0) is 23.2. The summed E-state index contributed by atoms with van der Waals surface area (Å²) in [4.78, 5) is 36.5. The van der Waals surface area contributed by atoms with Gasteiger partial charge >= 0.3 is 11.9 Å². The van der Waals surface area contributed by atoms with Gasteiger partial charge in [-0.05, 0) is 6.42 Å². The smallest absolute Gasteiger partial charge is 0.307 e. The molecule has 1 amide bonds. The van der Waals surface area contributed by atoms with Crippen LogP contribution in [0.5, 0.6) is 0 Å². The van der Waals surface area contributed by atoms with Crippen LogP contribution in [0.1, 0.15) is 25.7 Å². The topological polar surface area (TPSA) is 110 Å². The van der Waals surface area contributed by atoms with E-state index in [0.29, 0.717) is 52.6 Å². The van der Waals surface area contributed by atoms with Gasteiger partial charge in [-0.3, -0.25) is 14.4 Å². The number of nitrogens with zero attached hydrogens (tertiary/aromatic N) is 1. The van der Waals surface area contributed by atoms with Crippen molar-refractivity contribution in [3.05, 3.63) is 0 Å². The van der Waals surface area contributed by atoms with Crippen molar-refractivity contribution in [2.45, 2.75) is 25.7 Å². The van der Waals surface area contributed by atoms with E-state index in [1.54, 1.807) is 0 Å². The van der Waals surface area contributed by atoms with Gasteiger partial charge < -0.3 is 33.3 Å². The first-order valence-electron chi connectivity index (χ1n) is 10.2. The highest BCUT2D eigenvalue weighted by Gasteiger charge is 2.15. The Morgan fingerprint density at radius 3 is 1.77 bits per heavy atom. The Kier molecular flexibility index (Phi) is 19.6. The second-order valence-electron chi connectivity index (χ2n) is 6.23. The van der Waals surface area contributed by atoms with Crippen LogP contribution in [-0.4, -0.2) is 103 Å². The highest BCUT2D eigenvalue weighted by Crippen LogP contribution is 2.03. The van der Waals surface area contributed by atoms with E-state index < -0.39 is 5.97 Å². The summed E-state index contributed by atoms with van der Waals surface area (Å²) in [5.74, 6) is 1.47. The number of hydrogen-bond acceptors (Lipinski definition) is 9. The lowest BCUT2D eigenvalue weighted by Gasteiger charge is -2.22. The Labute approximate surface area is 184 Å². The molecular formula is C21H35NO9. The number of amides is 1.